The van der Waals surface area contributed by atoms with Crippen molar-refractivity contribution in [2.75, 3.05) is 19.8 Å². The normalized spacial score (nSPS) is 11.7. The van der Waals surface area contributed by atoms with Gasteiger partial charge in [0.15, 0.2) is 0 Å². The molecule has 1 unspecified atom stereocenters. The van der Waals surface area contributed by atoms with E-state index in [1.807, 2.05) is 0 Å². The summed E-state index contributed by atoms with van der Waals surface area (Å²) in [5, 5.41) is 0. The fourth-order valence-corrected chi connectivity index (χ4v) is 4.62. The zero-order valence-corrected chi connectivity index (χ0v) is 26.4. The molecule has 2 rings (SSSR count). The van der Waals surface area contributed by atoms with Gasteiger partial charge in [-0.25, -0.2) is 9.59 Å². The maximum Gasteiger partial charge on any atom is 0.343 e. The van der Waals surface area contributed by atoms with E-state index in [1.165, 1.54) is 57.8 Å². The van der Waals surface area contributed by atoms with Crippen molar-refractivity contribution in [3.63, 3.8) is 0 Å². The zero-order valence-electron chi connectivity index (χ0n) is 26.4. The van der Waals surface area contributed by atoms with Crippen molar-refractivity contribution in [1.29, 1.82) is 0 Å². The number of benzene rings is 2. The van der Waals surface area contributed by atoms with Gasteiger partial charge in [-0.05, 0) is 87.6 Å². The number of ether oxygens (including phenoxy) is 4. The predicted molar refractivity (Wildman–Crippen MR) is 170 cm³/mol. The molecule has 6 heteroatoms. The second-order valence-electron chi connectivity index (χ2n) is 11.1. The zero-order chi connectivity index (χ0) is 30.3. The summed E-state index contributed by atoms with van der Waals surface area (Å²) in [6, 6.07) is 13.5. The lowest BCUT2D eigenvalue weighted by molar-refractivity contribution is 0.0477. The summed E-state index contributed by atoms with van der Waals surface area (Å²) in [6.07, 6.45) is 17.8. The van der Waals surface area contributed by atoms with Gasteiger partial charge in [-0.1, -0.05) is 78.1 Å². The van der Waals surface area contributed by atoms with Crippen molar-refractivity contribution in [2.24, 2.45) is 0 Å². The Bertz CT molecular complexity index is 969. The third-order valence-corrected chi connectivity index (χ3v) is 7.30. The standard InChI is InChI=1S/C36H54O6/c1-4-6-8-9-10-11-12-16-28-40-33-23-19-32(20-24-33)36(38)42-34-25-21-31(22-26-34)35(37)41-29-17-13-14-18-30(3)39-27-15-7-5-2/h19-26,30H,4-18,27-29H2,1-3H3. The molecule has 0 heterocycles. The quantitative estimate of drug-likeness (QED) is 0.0697. The van der Waals surface area contributed by atoms with E-state index in [9.17, 15) is 9.59 Å². The molecule has 0 aliphatic carbocycles. The van der Waals surface area contributed by atoms with Gasteiger partial charge in [-0.3, -0.25) is 0 Å². The van der Waals surface area contributed by atoms with E-state index in [0.717, 1.165) is 50.9 Å². The smallest absolute Gasteiger partial charge is 0.343 e. The lowest BCUT2D eigenvalue weighted by Gasteiger charge is -2.12. The maximum atomic E-state index is 12.6. The number of esters is 2. The molecule has 0 fully saturated rings. The van der Waals surface area contributed by atoms with Gasteiger partial charge in [0.1, 0.15) is 11.5 Å². The molecule has 234 valence electrons. The highest BCUT2D eigenvalue weighted by Crippen LogP contribution is 2.18. The van der Waals surface area contributed by atoms with E-state index >= 15 is 0 Å². The molecule has 1 atom stereocenters. The van der Waals surface area contributed by atoms with Crippen LogP contribution in [0.1, 0.15) is 138 Å². The molecule has 0 amide bonds. The van der Waals surface area contributed by atoms with Crippen LogP contribution in [0.15, 0.2) is 48.5 Å². The van der Waals surface area contributed by atoms with Gasteiger partial charge in [-0.2, -0.15) is 0 Å². The minimum Gasteiger partial charge on any atom is -0.494 e. The molecule has 0 aromatic heterocycles. The minimum atomic E-state index is -0.458. The average molecular weight is 583 g/mol. The molecule has 0 spiro atoms. The summed E-state index contributed by atoms with van der Waals surface area (Å²) in [6.45, 7) is 8.47. The Balaban J connectivity index is 1.59. The van der Waals surface area contributed by atoms with E-state index in [4.69, 9.17) is 18.9 Å². The Morgan fingerprint density at radius 3 is 1.74 bits per heavy atom. The average Bonchev–Trinajstić information content (AvgIpc) is 3.00. The Morgan fingerprint density at radius 1 is 0.571 bits per heavy atom. The van der Waals surface area contributed by atoms with Crippen LogP contribution in [0.3, 0.4) is 0 Å². The van der Waals surface area contributed by atoms with Gasteiger partial charge in [0, 0.05) is 6.61 Å². The van der Waals surface area contributed by atoms with Gasteiger partial charge in [0.25, 0.3) is 0 Å². The summed E-state index contributed by atoms with van der Waals surface area (Å²) < 4.78 is 22.5. The van der Waals surface area contributed by atoms with E-state index in [2.05, 4.69) is 20.8 Å². The summed E-state index contributed by atoms with van der Waals surface area (Å²) in [7, 11) is 0. The molecule has 42 heavy (non-hydrogen) atoms. The molecule has 0 aliphatic rings. The fraction of sp³-hybridized carbons (Fsp3) is 0.611. The van der Waals surface area contributed by atoms with Crippen molar-refractivity contribution < 1.29 is 28.5 Å². The van der Waals surface area contributed by atoms with Crippen LogP contribution in [-0.4, -0.2) is 37.9 Å². The summed E-state index contributed by atoms with van der Waals surface area (Å²) in [5.74, 6) is 0.292. The molecule has 0 saturated carbocycles. The lowest BCUT2D eigenvalue weighted by atomic mass is 10.1. The molecule has 0 bridgehead atoms. The maximum absolute atomic E-state index is 12.6. The minimum absolute atomic E-state index is 0.278. The first kappa shape index (κ1) is 35.3. The van der Waals surface area contributed by atoms with Gasteiger partial charge in [-0.15, -0.1) is 0 Å². The van der Waals surface area contributed by atoms with E-state index in [-0.39, 0.29) is 12.1 Å². The number of carbonyl (C=O) groups excluding carboxylic acids is 2. The molecule has 6 nitrogen and oxygen atoms in total. The number of unbranched alkanes of at least 4 members (excludes halogenated alkanes) is 11. The Labute approximate surface area is 254 Å². The van der Waals surface area contributed by atoms with E-state index in [1.54, 1.807) is 48.5 Å². The van der Waals surface area contributed by atoms with Crippen LogP contribution in [0.2, 0.25) is 0 Å². The summed E-state index contributed by atoms with van der Waals surface area (Å²) >= 11 is 0. The second-order valence-corrected chi connectivity index (χ2v) is 11.1. The van der Waals surface area contributed by atoms with Crippen LogP contribution in [0.25, 0.3) is 0 Å². The topological polar surface area (TPSA) is 71.1 Å². The van der Waals surface area contributed by atoms with Crippen LogP contribution in [-0.2, 0) is 9.47 Å². The van der Waals surface area contributed by atoms with Crippen LogP contribution >= 0.6 is 0 Å². The predicted octanol–water partition coefficient (Wildman–Crippen LogP) is 9.74. The highest BCUT2D eigenvalue weighted by Gasteiger charge is 2.11. The lowest BCUT2D eigenvalue weighted by Crippen LogP contribution is -2.10. The first-order valence-corrected chi connectivity index (χ1v) is 16.4. The highest BCUT2D eigenvalue weighted by molar-refractivity contribution is 5.92. The third-order valence-electron chi connectivity index (χ3n) is 7.30. The van der Waals surface area contributed by atoms with Gasteiger partial charge in [0.2, 0.25) is 0 Å². The van der Waals surface area contributed by atoms with Gasteiger partial charge >= 0.3 is 11.9 Å². The third kappa shape index (κ3) is 16.0. The number of rotatable bonds is 24. The van der Waals surface area contributed by atoms with Crippen molar-refractivity contribution >= 4 is 11.9 Å². The van der Waals surface area contributed by atoms with Crippen LogP contribution in [0.4, 0.5) is 0 Å². The van der Waals surface area contributed by atoms with Gasteiger partial charge in [0.05, 0.1) is 30.4 Å². The van der Waals surface area contributed by atoms with Crippen LogP contribution < -0.4 is 9.47 Å². The number of hydrogen-bond acceptors (Lipinski definition) is 6. The molecule has 0 saturated heterocycles. The molecular formula is C36H54O6. The van der Waals surface area contributed by atoms with E-state index < -0.39 is 5.97 Å². The Kier molecular flexibility index (Phi) is 19.1. The highest BCUT2D eigenvalue weighted by atomic mass is 16.5. The first-order valence-electron chi connectivity index (χ1n) is 16.4. The van der Waals surface area contributed by atoms with Gasteiger partial charge < -0.3 is 18.9 Å². The summed E-state index contributed by atoms with van der Waals surface area (Å²) in [4.78, 5) is 24.9. The van der Waals surface area contributed by atoms with Crippen molar-refractivity contribution in [2.45, 2.75) is 123 Å². The Hall–Kier alpha value is -2.86. The molecule has 2 aromatic rings. The molecule has 2 aromatic carbocycles. The van der Waals surface area contributed by atoms with E-state index in [0.29, 0.717) is 30.1 Å². The van der Waals surface area contributed by atoms with Crippen molar-refractivity contribution in [1.82, 2.24) is 0 Å². The monoisotopic (exact) mass is 582 g/mol. The summed E-state index contributed by atoms with van der Waals surface area (Å²) in [5.41, 5.74) is 0.872. The first-order chi connectivity index (χ1) is 20.5. The second kappa shape index (κ2) is 22.7. The molecular weight excluding hydrogens is 528 g/mol. The molecule has 0 N–H and O–H groups in total. The van der Waals surface area contributed by atoms with Crippen molar-refractivity contribution in [3.8, 4) is 11.5 Å². The SMILES string of the molecule is CCCCCCCCCCOc1ccc(C(=O)Oc2ccc(C(=O)OCCCCCC(C)OCCCCC)cc2)cc1. The number of carbonyl (C=O) groups is 2. The number of hydrogen-bond donors (Lipinski definition) is 0. The largest absolute Gasteiger partial charge is 0.494 e. The van der Waals surface area contributed by atoms with Crippen LogP contribution in [0.5, 0.6) is 11.5 Å². The van der Waals surface area contributed by atoms with Crippen molar-refractivity contribution in [3.05, 3.63) is 59.7 Å². The van der Waals surface area contributed by atoms with Crippen LogP contribution in [0, 0.1) is 0 Å². The molecule has 0 aliphatic heterocycles. The Morgan fingerprint density at radius 2 is 1.07 bits per heavy atom. The molecule has 0 radical (unpaired) electrons. The fourth-order valence-electron chi connectivity index (χ4n) is 4.62.